The number of benzene rings is 1. The number of alkyl halides is 3. The number of nitrogens with zero attached hydrogens (tertiary/aromatic N) is 2. The van der Waals surface area contributed by atoms with E-state index in [2.05, 4.69) is 9.97 Å². The van der Waals surface area contributed by atoms with Crippen LogP contribution in [0.5, 0.6) is 0 Å². The third-order valence-electron chi connectivity index (χ3n) is 3.30. The van der Waals surface area contributed by atoms with Crippen molar-refractivity contribution in [2.24, 2.45) is 0 Å². The predicted octanol–water partition coefficient (Wildman–Crippen LogP) is 3.20. The molecule has 0 aliphatic heterocycles. The number of aliphatic hydroxyl groups is 1. The van der Waals surface area contributed by atoms with Crippen molar-refractivity contribution in [3.63, 3.8) is 0 Å². The molecule has 1 aromatic carbocycles. The standard InChI is InChI=1S/C15H15F3N2O/c1-9-12(8-21)10(2)20-14(19-9)7-11-5-3-4-6-13(11)15(16,17)18/h3-6,21H,7-8H2,1-2H3. The van der Waals surface area contributed by atoms with Crippen LogP contribution in [0.3, 0.4) is 0 Å². The smallest absolute Gasteiger partial charge is 0.392 e. The lowest BCUT2D eigenvalue weighted by atomic mass is 10.0. The van der Waals surface area contributed by atoms with Gasteiger partial charge in [-0.05, 0) is 25.5 Å². The van der Waals surface area contributed by atoms with Gasteiger partial charge >= 0.3 is 6.18 Å². The maximum Gasteiger partial charge on any atom is 0.416 e. The SMILES string of the molecule is Cc1nc(Cc2ccccc2C(F)(F)F)nc(C)c1CO. The Hall–Kier alpha value is -1.95. The van der Waals surface area contributed by atoms with Crippen LogP contribution in [0.25, 0.3) is 0 Å². The van der Waals surface area contributed by atoms with Crippen LogP contribution in [0.4, 0.5) is 13.2 Å². The highest BCUT2D eigenvalue weighted by Crippen LogP contribution is 2.32. The number of aromatic nitrogens is 2. The molecule has 0 unspecified atom stereocenters. The largest absolute Gasteiger partial charge is 0.416 e. The minimum Gasteiger partial charge on any atom is -0.392 e. The molecule has 2 rings (SSSR count). The molecule has 0 saturated heterocycles. The van der Waals surface area contributed by atoms with Gasteiger partial charge in [0.1, 0.15) is 5.82 Å². The molecular weight excluding hydrogens is 281 g/mol. The lowest BCUT2D eigenvalue weighted by molar-refractivity contribution is -0.138. The predicted molar refractivity (Wildman–Crippen MR) is 71.7 cm³/mol. The molecule has 6 heteroatoms. The lowest BCUT2D eigenvalue weighted by Gasteiger charge is -2.13. The van der Waals surface area contributed by atoms with E-state index in [0.29, 0.717) is 22.8 Å². The summed E-state index contributed by atoms with van der Waals surface area (Å²) in [6.45, 7) is 3.23. The van der Waals surface area contributed by atoms with Crippen molar-refractivity contribution < 1.29 is 18.3 Å². The highest BCUT2D eigenvalue weighted by atomic mass is 19.4. The molecule has 112 valence electrons. The van der Waals surface area contributed by atoms with Gasteiger partial charge < -0.3 is 5.11 Å². The molecule has 21 heavy (non-hydrogen) atoms. The Kier molecular flexibility index (Phi) is 4.27. The average Bonchev–Trinajstić information content (AvgIpc) is 2.37. The molecule has 1 aromatic heterocycles. The molecule has 0 radical (unpaired) electrons. The number of rotatable bonds is 3. The molecule has 2 aromatic rings. The Bertz CT molecular complexity index is 631. The molecule has 0 spiro atoms. The van der Waals surface area contributed by atoms with E-state index >= 15 is 0 Å². The van der Waals surface area contributed by atoms with Gasteiger partial charge in [0.25, 0.3) is 0 Å². The van der Waals surface area contributed by atoms with Crippen LogP contribution in [-0.4, -0.2) is 15.1 Å². The van der Waals surface area contributed by atoms with E-state index in [1.807, 2.05) is 0 Å². The second-order valence-corrected chi connectivity index (χ2v) is 4.78. The summed E-state index contributed by atoms with van der Waals surface area (Å²) < 4.78 is 38.9. The molecule has 0 bridgehead atoms. The van der Waals surface area contributed by atoms with Crippen LogP contribution >= 0.6 is 0 Å². The number of aliphatic hydroxyl groups excluding tert-OH is 1. The first-order valence-corrected chi connectivity index (χ1v) is 6.42. The molecule has 0 fully saturated rings. The maximum absolute atomic E-state index is 13.0. The quantitative estimate of drug-likeness (QED) is 0.946. The van der Waals surface area contributed by atoms with Crippen molar-refractivity contribution in [2.45, 2.75) is 33.1 Å². The highest BCUT2D eigenvalue weighted by Gasteiger charge is 2.33. The zero-order valence-corrected chi connectivity index (χ0v) is 11.7. The van der Waals surface area contributed by atoms with E-state index in [-0.39, 0.29) is 18.6 Å². The van der Waals surface area contributed by atoms with Crippen molar-refractivity contribution in [3.8, 4) is 0 Å². The van der Waals surface area contributed by atoms with E-state index in [9.17, 15) is 18.3 Å². The second kappa shape index (κ2) is 5.81. The molecular formula is C15H15F3N2O. The van der Waals surface area contributed by atoms with Crippen LogP contribution in [0, 0.1) is 13.8 Å². The third-order valence-corrected chi connectivity index (χ3v) is 3.30. The molecule has 0 aliphatic carbocycles. The summed E-state index contributed by atoms with van der Waals surface area (Å²) in [5, 5.41) is 9.20. The van der Waals surface area contributed by atoms with E-state index in [1.165, 1.54) is 12.1 Å². The summed E-state index contributed by atoms with van der Waals surface area (Å²) in [5.74, 6) is 0.318. The fourth-order valence-corrected chi connectivity index (χ4v) is 2.24. The summed E-state index contributed by atoms with van der Waals surface area (Å²) in [6, 6.07) is 5.40. The van der Waals surface area contributed by atoms with E-state index in [1.54, 1.807) is 19.9 Å². The first kappa shape index (κ1) is 15.4. The molecule has 0 saturated carbocycles. The zero-order chi connectivity index (χ0) is 15.6. The third kappa shape index (κ3) is 3.39. The van der Waals surface area contributed by atoms with Crippen LogP contribution < -0.4 is 0 Å². The van der Waals surface area contributed by atoms with Crippen molar-refractivity contribution in [1.29, 1.82) is 0 Å². The fraction of sp³-hybridized carbons (Fsp3) is 0.333. The second-order valence-electron chi connectivity index (χ2n) is 4.78. The molecule has 0 aliphatic rings. The number of halogens is 3. The van der Waals surface area contributed by atoms with E-state index in [0.717, 1.165) is 6.07 Å². The number of aryl methyl sites for hydroxylation is 2. The fourth-order valence-electron chi connectivity index (χ4n) is 2.24. The van der Waals surface area contributed by atoms with Gasteiger partial charge in [-0.25, -0.2) is 9.97 Å². The Balaban J connectivity index is 2.40. The van der Waals surface area contributed by atoms with Gasteiger partial charge in [-0.1, -0.05) is 18.2 Å². The summed E-state index contributed by atoms with van der Waals surface area (Å²) >= 11 is 0. The normalized spacial score (nSPS) is 11.7. The minimum atomic E-state index is -4.40. The van der Waals surface area contributed by atoms with Crippen molar-refractivity contribution in [3.05, 3.63) is 58.2 Å². The molecule has 3 nitrogen and oxygen atoms in total. The minimum absolute atomic E-state index is 0.00305. The van der Waals surface area contributed by atoms with Gasteiger partial charge in [0.2, 0.25) is 0 Å². The zero-order valence-electron chi connectivity index (χ0n) is 11.7. The van der Waals surface area contributed by atoms with Crippen LogP contribution in [0.15, 0.2) is 24.3 Å². The molecule has 1 heterocycles. The molecule has 0 amide bonds. The van der Waals surface area contributed by atoms with Gasteiger partial charge in [0.05, 0.1) is 12.2 Å². The first-order chi connectivity index (χ1) is 9.82. The maximum atomic E-state index is 13.0. The van der Waals surface area contributed by atoms with Gasteiger partial charge in [-0.3, -0.25) is 0 Å². The molecule has 0 atom stereocenters. The van der Waals surface area contributed by atoms with Gasteiger partial charge in [-0.2, -0.15) is 13.2 Å². The summed E-state index contributed by atoms with van der Waals surface area (Å²) in [4.78, 5) is 8.37. The Morgan fingerprint density at radius 2 is 1.62 bits per heavy atom. The highest BCUT2D eigenvalue weighted by molar-refractivity contribution is 5.33. The van der Waals surface area contributed by atoms with Crippen LogP contribution in [-0.2, 0) is 19.2 Å². The lowest BCUT2D eigenvalue weighted by Crippen LogP contribution is -2.11. The Morgan fingerprint density at radius 1 is 1.05 bits per heavy atom. The topological polar surface area (TPSA) is 46.0 Å². The summed E-state index contributed by atoms with van der Waals surface area (Å²) in [5.41, 5.74) is 1.26. The van der Waals surface area contributed by atoms with E-state index in [4.69, 9.17) is 0 Å². The van der Waals surface area contributed by atoms with Gasteiger partial charge in [0, 0.05) is 23.4 Å². The van der Waals surface area contributed by atoms with Crippen LogP contribution in [0.1, 0.15) is 33.9 Å². The summed E-state index contributed by atoms with van der Waals surface area (Å²) in [6.07, 6.45) is -4.39. The van der Waals surface area contributed by atoms with Crippen molar-refractivity contribution in [2.75, 3.05) is 0 Å². The monoisotopic (exact) mass is 296 g/mol. The van der Waals surface area contributed by atoms with Gasteiger partial charge in [0.15, 0.2) is 0 Å². The van der Waals surface area contributed by atoms with Crippen molar-refractivity contribution >= 4 is 0 Å². The van der Waals surface area contributed by atoms with Crippen LogP contribution in [0.2, 0.25) is 0 Å². The first-order valence-electron chi connectivity index (χ1n) is 6.42. The number of hydrogen-bond donors (Lipinski definition) is 1. The summed E-state index contributed by atoms with van der Waals surface area (Å²) in [7, 11) is 0. The number of hydrogen-bond acceptors (Lipinski definition) is 3. The Morgan fingerprint density at radius 3 is 2.14 bits per heavy atom. The van der Waals surface area contributed by atoms with Crippen molar-refractivity contribution in [1.82, 2.24) is 9.97 Å². The van der Waals surface area contributed by atoms with Gasteiger partial charge in [-0.15, -0.1) is 0 Å². The molecule has 1 N–H and O–H groups in total. The van der Waals surface area contributed by atoms with E-state index < -0.39 is 11.7 Å². The Labute approximate surface area is 120 Å². The average molecular weight is 296 g/mol.